The molecule has 0 aliphatic carbocycles. The van der Waals surface area contributed by atoms with Crippen LogP contribution in [0, 0.1) is 0 Å². The van der Waals surface area contributed by atoms with Crippen LogP contribution in [0.4, 0.5) is 0 Å². The summed E-state index contributed by atoms with van der Waals surface area (Å²) in [6.07, 6.45) is 1.66. The van der Waals surface area contributed by atoms with E-state index in [4.69, 9.17) is 21.1 Å². The maximum Gasteiger partial charge on any atom is 0.128 e. The molecule has 1 aromatic carbocycles. The molecule has 2 rings (SSSR count). The summed E-state index contributed by atoms with van der Waals surface area (Å²) in [6, 6.07) is 9.08. The molecular formula is C13H12ClNO2. The van der Waals surface area contributed by atoms with E-state index in [-0.39, 0.29) is 0 Å². The Bertz CT molecular complexity index is 529. The van der Waals surface area contributed by atoms with Gasteiger partial charge in [0.25, 0.3) is 0 Å². The van der Waals surface area contributed by atoms with Crippen molar-refractivity contribution in [2.45, 2.75) is 0 Å². The number of pyridine rings is 1. The van der Waals surface area contributed by atoms with Gasteiger partial charge in [-0.15, -0.1) is 0 Å². The smallest absolute Gasteiger partial charge is 0.128 e. The average Bonchev–Trinajstić information content (AvgIpc) is 2.38. The van der Waals surface area contributed by atoms with E-state index in [9.17, 15) is 0 Å². The maximum absolute atomic E-state index is 5.95. The van der Waals surface area contributed by atoms with Crippen LogP contribution in [-0.4, -0.2) is 19.2 Å². The number of hydrogen-bond donors (Lipinski definition) is 0. The highest BCUT2D eigenvalue weighted by Gasteiger charge is 2.09. The molecule has 0 fully saturated rings. The summed E-state index contributed by atoms with van der Waals surface area (Å²) in [7, 11) is 3.24. The largest absolute Gasteiger partial charge is 0.497 e. The first kappa shape index (κ1) is 11.7. The van der Waals surface area contributed by atoms with Crippen LogP contribution in [0.2, 0.25) is 5.02 Å². The molecule has 0 aliphatic heterocycles. The molecule has 1 heterocycles. The van der Waals surface area contributed by atoms with E-state index in [0.29, 0.717) is 5.02 Å². The van der Waals surface area contributed by atoms with Crippen molar-refractivity contribution in [3.05, 3.63) is 41.6 Å². The summed E-state index contributed by atoms with van der Waals surface area (Å²) in [5, 5.41) is 0.639. The fraction of sp³-hybridized carbons (Fsp3) is 0.154. The fourth-order valence-corrected chi connectivity index (χ4v) is 1.73. The van der Waals surface area contributed by atoms with Crippen LogP contribution in [0.25, 0.3) is 11.3 Å². The van der Waals surface area contributed by atoms with Crippen molar-refractivity contribution in [1.29, 1.82) is 0 Å². The van der Waals surface area contributed by atoms with E-state index >= 15 is 0 Å². The molecule has 0 spiro atoms. The predicted octanol–water partition coefficient (Wildman–Crippen LogP) is 3.42. The molecule has 1 aromatic heterocycles. The van der Waals surface area contributed by atoms with Crippen molar-refractivity contribution in [1.82, 2.24) is 4.98 Å². The Balaban J connectivity index is 2.56. The van der Waals surface area contributed by atoms with Crippen molar-refractivity contribution in [2.75, 3.05) is 14.2 Å². The molecule has 0 aliphatic rings. The minimum Gasteiger partial charge on any atom is -0.497 e. The van der Waals surface area contributed by atoms with Gasteiger partial charge in [-0.3, -0.25) is 4.98 Å². The van der Waals surface area contributed by atoms with Crippen molar-refractivity contribution in [2.24, 2.45) is 0 Å². The Hall–Kier alpha value is -1.74. The maximum atomic E-state index is 5.95. The lowest BCUT2D eigenvalue weighted by Gasteiger charge is -2.10. The van der Waals surface area contributed by atoms with Gasteiger partial charge in [-0.2, -0.15) is 0 Å². The van der Waals surface area contributed by atoms with Crippen molar-refractivity contribution >= 4 is 11.6 Å². The van der Waals surface area contributed by atoms with E-state index in [1.165, 1.54) is 0 Å². The third-order valence-electron chi connectivity index (χ3n) is 2.40. The summed E-state index contributed by atoms with van der Waals surface area (Å²) in [5.41, 5.74) is 1.61. The van der Waals surface area contributed by atoms with E-state index in [1.807, 2.05) is 18.2 Å². The summed E-state index contributed by atoms with van der Waals surface area (Å²) < 4.78 is 10.5. The molecule has 4 heteroatoms. The lowest BCUT2D eigenvalue weighted by molar-refractivity contribution is 0.404. The zero-order chi connectivity index (χ0) is 12.3. The number of halogens is 1. The van der Waals surface area contributed by atoms with Gasteiger partial charge in [0, 0.05) is 16.8 Å². The highest BCUT2D eigenvalue weighted by molar-refractivity contribution is 6.30. The normalized spacial score (nSPS) is 10.1. The first-order valence-electron chi connectivity index (χ1n) is 5.08. The first-order chi connectivity index (χ1) is 8.24. The molecule has 0 atom stereocenters. The zero-order valence-corrected chi connectivity index (χ0v) is 10.4. The molecule has 0 saturated carbocycles. The van der Waals surface area contributed by atoms with Crippen LogP contribution in [0.1, 0.15) is 0 Å². The molecule has 17 heavy (non-hydrogen) atoms. The van der Waals surface area contributed by atoms with Gasteiger partial charge >= 0.3 is 0 Å². The SMILES string of the molecule is COc1ccc(OC)c(-c2cc(Cl)ccn2)c1. The summed E-state index contributed by atoms with van der Waals surface area (Å²) in [6.45, 7) is 0. The standard InChI is InChI=1S/C13H12ClNO2/c1-16-10-3-4-13(17-2)11(8-10)12-7-9(14)5-6-15-12/h3-8H,1-2H3. The molecule has 2 aromatic rings. The molecule has 3 nitrogen and oxygen atoms in total. The fourth-order valence-electron chi connectivity index (χ4n) is 1.57. The molecular weight excluding hydrogens is 238 g/mol. The second-order valence-corrected chi connectivity index (χ2v) is 3.86. The minimum atomic E-state index is 0.639. The van der Waals surface area contributed by atoms with E-state index < -0.39 is 0 Å². The average molecular weight is 250 g/mol. The summed E-state index contributed by atoms with van der Waals surface area (Å²) >= 11 is 5.95. The lowest BCUT2D eigenvalue weighted by atomic mass is 10.1. The van der Waals surface area contributed by atoms with E-state index in [1.54, 1.807) is 32.5 Å². The highest BCUT2D eigenvalue weighted by atomic mass is 35.5. The zero-order valence-electron chi connectivity index (χ0n) is 9.61. The second-order valence-electron chi connectivity index (χ2n) is 3.43. The second kappa shape index (κ2) is 5.06. The summed E-state index contributed by atoms with van der Waals surface area (Å²) in [4.78, 5) is 4.27. The molecule has 0 N–H and O–H groups in total. The third kappa shape index (κ3) is 2.50. The quantitative estimate of drug-likeness (QED) is 0.835. The first-order valence-corrected chi connectivity index (χ1v) is 5.46. The van der Waals surface area contributed by atoms with Crippen molar-refractivity contribution < 1.29 is 9.47 Å². The third-order valence-corrected chi connectivity index (χ3v) is 2.64. The van der Waals surface area contributed by atoms with Crippen LogP contribution >= 0.6 is 11.6 Å². The number of aromatic nitrogens is 1. The molecule has 0 bridgehead atoms. The van der Waals surface area contributed by atoms with Crippen molar-refractivity contribution in [3.63, 3.8) is 0 Å². The Kier molecular flexibility index (Phi) is 3.49. The molecule has 88 valence electrons. The Morgan fingerprint density at radius 2 is 1.88 bits per heavy atom. The van der Waals surface area contributed by atoms with Crippen LogP contribution < -0.4 is 9.47 Å². The molecule has 0 unspecified atom stereocenters. The van der Waals surface area contributed by atoms with Gasteiger partial charge in [0.15, 0.2) is 0 Å². The van der Waals surface area contributed by atoms with Gasteiger partial charge < -0.3 is 9.47 Å². The van der Waals surface area contributed by atoms with Crippen molar-refractivity contribution in [3.8, 4) is 22.8 Å². The molecule has 0 saturated heterocycles. The van der Waals surface area contributed by atoms with Gasteiger partial charge in [0.05, 0.1) is 19.9 Å². The molecule has 0 radical (unpaired) electrons. The van der Waals surface area contributed by atoms with Gasteiger partial charge in [-0.05, 0) is 30.3 Å². The Labute approximate surface area is 105 Å². The monoisotopic (exact) mass is 249 g/mol. The Morgan fingerprint density at radius 1 is 1.06 bits per heavy atom. The number of ether oxygens (including phenoxy) is 2. The number of hydrogen-bond acceptors (Lipinski definition) is 3. The minimum absolute atomic E-state index is 0.639. The van der Waals surface area contributed by atoms with Crippen LogP contribution in [0.5, 0.6) is 11.5 Å². The van der Waals surface area contributed by atoms with Crippen LogP contribution in [-0.2, 0) is 0 Å². The van der Waals surface area contributed by atoms with Gasteiger partial charge in [-0.1, -0.05) is 11.6 Å². The lowest BCUT2D eigenvalue weighted by Crippen LogP contribution is -1.91. The highest BCUT2D eigenvalue weighted by Crippen LogP contribution is 2.32. The van der Waals surface area contributed by atoms with E-state index in [0.717, 1.165) is 22.8 Å². The van der Waals surface area contributed by atoms with Crippen LogP contribution in [0.15, 0.2) is 36.5 Å². The number of rotatable bonds is 3. The number of benzene rings is 1. The van der Waals surface area contributed by atoms with Gasteiger partial charge in [0.2, 0.25) is 0 Å². The Morgan fingerprint density at radius 3 is 2.53 bits per heavy atom. The van der Waals surface area contributed by atoms with Gasteiger partial charge in [-0.25, -0.2) is 0 Å². The predicted molar refractivity (Wildman–Crippen MR) is 67.8 cm³/mol. The van der Waals surface area contributed by atoms with E-state index in [2.05, 4.69) is 4.98 Å². The van der Waals surface area contributed by atoms with Crippen LogP contribution in [0.3, 0.4) is 0 Å². The number of methoxy groups -OCH3 is 2. The summed E-state index contributed by atoms with van der Waals surface area (Å²) in [5.74, 6) is 1.49. The molecule has 0 amide bonds. The number of nitrogens with zero attached hydrogens (tertiary/aromatic N) is 1. The topological polar surface area (TPSA) is 31.4 Å². The van der Waals surface area contributed by atoms with Gasteiger partial charge in [0.1, 0.15) is 11.5 Å².